The van der Waals surface area contributed by atoms with Gasteiger partial charge in [-0.05, 0) is 24.6 Å². The normalized spacial score (nSPS) is 14.0. The zero-order valence-electron chi connectivity index (χ0n) is 10.7. The van der Waals surface area contributed by atoms with Crippen molar-refractivity contribution < 1.29 is 4.79 Å². The van der Waals surface area contributed by atoms with E-state index in [9.17, 15) is 4.79 Å². The summed E-state index contributed by atoms with van der Waals surface area (Å²) in [5.74, 6) is 0.438. The van der Waals surface area contributed by atoms with Crippen molar-refractivity contribution in [3.63, 3.8) is 0 Å². The van der Waals surface area contributed by atoms with Crippen LogP contribution in [0.1, 0.15) is 18.1 Å². The maximum atomic E-state index is 11.4. The van der Waals surface area contributed by atoms with Gasteiger partial charge in [-0.15, -0.1) is 0 Å². The van der Waals surface area contributed by atoms with Crippen LogP contribution in [0.4, 0.5) is 5.69 Å². The molecule has 0 bridgehead atoms. The number of carbonyl (C=O) groups is 1. The van der Waals surface area contributed by atoms with Crippen molar-refractivity contribution in [2.24, 2.45) is 4.99 Å². The summed E-state index contributed by atoms with van der Waals surface area (Å²) >= 11 is 6.15. The molecule has 0 fully saturated rings. The Kier molecular flexibility index (Phi) is 3.72. The number of anilines is 1. The van der Waals surface area contributed by atoms with Crippen LogP contribution < -0.4 is 5.32 Å². The van der Waals surface area contributed by atoms with Crippen LogP contribution in [0, 0.1) is 18.3 Å². The molecule has 1 aliphatic heterocycles. The molecule has 0 atom stereocenters. The number of hydrogen-bond acceptors (Lipinski definition) is 4. The molecule has 1 aliphatic rings. The lowest BCUT2D eigenvalue weighted by atomic mass is 10.1. The minimum absolute atomic E-state index is 0.0637. The number of carbonyl (C=O) groups excluding carboxylic acids is 1. The Morgan fingerprint density at radius 3 is 2.89 bits per heavy atom. The number of halogens is 1. The first-order chi connectivity index (χ1) is 9.02. The molecule has 0 radical (unpaired) electrons. The molecule has 19 heavy (non-hydrogen) atoms. The molecule has 1 aromatic rings. The van der Waals surface area contributed by atoms with Crippen molar-refractivity contribution in [1.29, 1.82) is 5.26 Å². The smallest absolute Gasteiger partial charge is 0.226 e. The van der Waals surface area contributed by atoms with Gasteiger partial charge in [0.2, 0.25) is 11.9 Å². The van der Waals surface area contributed by atoms with Crippen LogP contribution in [0.25, 0.3) is 0 Å². The summed E-state index contributed by atoms with van der Waals surface area (Å²) in [5.41, 5.74) is 2.01. The van der Waals surface area contributed by atoms with E-state index in [2.05, 4.69) is 10.3 Å². The second kappa shape index (κ2) is 5.29. The monoisotopic (exact) mass is 276 g/mol. The van der Waals surface area contributed by atoms with Crippen molar-refractivity contribution in [2.75, 3.05) is 18.4 Å². The second-order valence-corrected chi connectivity index (χ2v) is 4.67. The minimum atomic E-state index is -0.0637. The van der Waals surface area contributed by atoms with E-state index in [1.807, 2.05) is 13.0 Å². The van der Waals surface area contributed by atoms with Crippen molar-refractivity contribution in [3.8, 4) is 6.07 Å². The standard InChI is InChI=1S/C13H13ClN4O/c1-8-5-10(7-15)6-11(14)12(8)17-13-16-3-4-18(13)9(2)19/h5-6H,3-4H2,1-2H3,(H,16,17). The molecule has 0 unspecified atom stereocenters. The number of hydrogen-bond donors (Lipinski definition) is 1. The highest BCUT2D eigenvalue weighted by Crippen LogP contribution is 2.28. The van der Waals surface area contributed by atoms with Gasteiger partial charge in [0.25, 0.3) is 0 Å². The SMILES string of the molecule is CC(=O)N1CCN=C1Nc1c(C)cc(C#N)cc1Cl. The van der Waals surface area contributed by atoms with Crippen LogP contribution in [0.2, 0.25) is 5.02 Å². The first kappa shape index (κ1) is 13.4. The number of guanidine groups is 1. The van der Waals surface area contributed by atoms with E-state index in [0.29, 0.717) is 35.3 Å². The van der Waals surface area contributed by atoms with E-state index in [1.165, 1.54) is 6.92 Å². The van der Waals surface area contributed by atoms with Gasteiger partial charge >= 0.3 is 0 Å². The van der Waals surface area contributed by atoms with Crippen molar-refractivity contribution in [3.05, 3.63) is 28.3 Å². The molecule has 1 aromatic carbocycles. The van der Waals surface area contributed by atoms with Crippen molar-refractivity contribution in [1.82, 2.24) is 4.90 Å². The van der Waals surface area contributed by atoms with Gasteiger partial charge in [-0.1, -0.05) is 11.6 Å². The Morgan fingerprint density at radius 2 is 2.32 bits per heavy atom. The number of nitriles is 1. The zero-order chi connectivity index (χ0) is 14.0. The highest BCUT2D eigenvalue weighted by molar-refractivity contribution is 6.34. The predicted octanol–water partition coefficient (Wildman–Crippen LogP) is 2.15. The second-order valence-electron chi connectivity index (χ2n) is 4.26. The van der Waals surface area contributed by atoms with E-state index >= 15 is 0 Å². The topological polar surface area (TPSA) is 68.5 Å². The third-order valence-electron chi connectivity index (χ3n) is 2.87. The number of benzene rings is 1. The summed E-state index contributed by atoms with van der Waals surface area (Å²) in [7, 11) is 0. The fourth-order valence-corrected chi connectivity index (χ4v) is 2.25. The molecule has 0 saturated carbocycles. The van der Waals surface area contributed by atoms with Gasteiger partial charge in [0, 0.05) is 13.5 Å². The lowest BCUT2D eigenvalue weighted by Crippen LogP contribution is -2.36. The van der Waals surface area contributed by atoms with Gasteiger partial charge in [-0.25, -0.2) is 0 Å². The first-order valence-corrected chi connectivity index (χ1v) is 6.20. The highest BCUT2D eigenvalue weighted by atomic mass is 35.5. The van der Waals surface area contributed by atoms with Gasteiger partial charge < -0.3 is 5.32 Å². The predicted molar refractivity (Wildman–Crippen MR) is 74.2 cm³/mol. The molecule has 2 rings (SSSR count). The van der Waals surface area contributed by atoms with E-state index in [4.69, 9.17) is 16.9 Å². The maximum absolute atomic E-state index is 11.4. The maximum Gasteiger partial charge on any atom is 0.226 e. The minimum Gasteiger partial charge on any atom is -0.324 e. The summed E-state index contributed by atoms with van der Waals surface area (Å²) < 4.78 is 0. The molecule has 6 heteroatoms. The third kappa shape index (κ3) is 2.69. The van der Waals surface area contributed by atoms with Crippen molar-refractivity contribution >= 4 is 29.2 Å². The molecule has 0 aliphatic carbocycles. The Morgan fingerprint density at radius 1 is 1.58 bits per heavy atom. The van der Waals surface area contributed by atoms with E-state index in [0.717, 1.165) is 5.56 Å². The van der Waals surface area contributed by atoms with Crippen LogP contribution in [-0.2, 0) is 4.79 Å². The molecular weight excluding hydrogens is 264 g/mol. The van der Waals surface area contributed by atoms with Crippen molar-refractivity contribution in [2.45, 2.75) is 13.8 Å². The summed E-state index contributed by atoms with van der Waals surface area (Å²) in [6.07, 6.45) is 0. The van der Waals surface area contributed by atoms with E-state index in [-0.39, 0.29) is 5.91 Å². The summed E-state index contributed by atoms with van der Waals surface area (Å²) in [4.78, 5) is 17.3. The van der Waals surface area contributed by atoms with E-state index in [1.54, 1.807) is 17.0 Å². The van der Waals surface area contributed by atoms with Gasteiger partial charge in [-0.2, -0.15) is 5.26 Å². The lowest BCUT2D eigenvalue weighted by Gasteiger charge is -2.19. The molecule has 0 saturated heterocycles. The number of aryl methyl sites for hydroxylation is 1. The Hall–Kier alpha value is -2.06. The van der Waals surface area contributed by atoms with Gasteiger partial charge in [-0.3, -0.25) is 14.7 Å². The molecule has 98 valence electrons. The number of aliphatic imine (C=N–C) groups is 1. The quantitative estimate of drug-likeness (QED) is 0.854. The zero-order valence-corrected chi connectivity index (χ0v) is 11.5. The highest BCUT2D eigenvalue weighted by Gasteiger charge is 2.22. The summed E-state index contributed by atoms with van der Waals surface area (Å²) in [6.45, 7) is 4.50. The van der Waals surface area contributed by atoms with E-state index < -0.39 is 0 Å². The molecule has 0 aromatic heterocycles. The number of nitrogens with zero attached hydrogens (tertiary/aromatic N) is 3. The fourth-order valence-electron chi connectivity index (χ4n) is 1.94. The fraction of sp³-hybridized carbons (Fsp3) is 0.308. The molecular formula is C13H13ClN4O. The average molecular weight is 277 g/mol. The summed E-state index contributed by atoms with van der Waals surface area (Å²) in [6, 6.07) is 5.38. The molecule has 1 N–H and O–H groups in total. The average Bonchev–Trinajstić information content (AvgIpc) is 2.81. The van der Waals surface area contributed by atoms with Crippen LogP contribution in [0.3, 0.4) is 0 Å². The largest absolute Gasteiger partial charge is 0.324 e. The number of rotatable bonds is 1. The van der Waals surface area contributed by atoms with Crippen LogP contribution in [0.5, 0.6) is 0 Å². The Bertz CT molecular complexity index is 580. The number of amides is 1. The molecule has 5 nitrogen and oxygen atoms in total. The molecule has 1 amide bonds. The Balaban J connectivity index is 2.30. The van der Waals surface area contributed by atoms with Gasteiger partial charge in [0.05, 0.1) is 28.9 Å². The lowest BCUT2D eigenvalue weighted by molar-refractivity contribution is -0.124. The van der Waals surface area contributed by atoms with Gasteiger partial charge in [0.15, 0.2) is 0 Å². The van der Waals surface area contributed by atoms with Crippen LogP contribution >= 0.6 is 11.6 Å². The first-order valence-electron chi connectivity index (χ1n) is 5.82. The molecule has 1 heterocycles. The Labute approximate surface area is 116 Å². The summed E-state index contributed by atoms with van der Waals surface area (Å²) in [5, 5.41) is 12.4. The van der Waals surface area contributed by atoms with Gasteiger partial charge in [0.1, 0.15) is 0 Å². The van der Waals surface area contributed by atoms with Crippen LogP contribution in [-0.4, -0.2) is 29.9 Å². The number of nitrogens with one attached hydrogen (secondary N) is 1. The van der Waals surface area contributed by atoms with Crippen LogP contribution in [0.15, 0.2) is 17.1 Å². The third-order valence-corrected chi connectivity index (χ3v) is 3.17. The molecule has 0 spiro atoms.